The van der Waals surface area contributed by atoms with E-state index in [4.69, 9.17) is 5.11 Å². The second kappa shape index (κ2) is 11.3. The van der Waals surface area contributed by atoms with E-state index in [0.717, 1.165) is 17.1 Å². The largest absolute Gasteiger partial charge is 0.465 e. The molecule has 0 aliphatic carbocycles. The first-order chi connectivity index (χ1) is 19.1. The maximum absolute atomic E-state index is 13.4. The van der Waals surface area contributed by atoms with Gasteiger partial charge in [0.2, 0.25) is 0 Å². The van der Waals surface area contributed by atoms with Gasteiger partial charge in [-0.05, 0) is 42.2 Å². The standard InChI is InChI=1S/C28H27F3N4O4S/c29-28(30,31)20-7-5-18(6-8-20)21-3-1-2-4-22(21)25(36)33-11-9-19(10-12-33)24-32-23(17-40-24)26(37)34-13-15-35(16-14-34)27(38)39/h1-8,17,19H,9-16H2,(H,38,39). The Morgan fingerprint density at radius 1 is 0.825 bits per heavy atom. The normalized spacial score (nSPS) is 16.7. The summed E-state index contributed by atoms with van der Waals surface area (Å²) in [4.78, 5) is 46.7. The van der Waals surface area contributed by atoms with Gasteiger partial charge in [-0.25, -0.2) is 9.78 Å². The Hall–Kier alpha value is -3.93. The number of piperazine rings is 1. The summed E-state index contributed by atoms with van der Waals surface area (Å²) in [6.45, 7) is 2.17. The summed E-state index contributed by atoms with van der Waals surface area (Å²) in [6, 6.07) is 11.7. The van der Waals surface area contributed by atoms with Crippen LogP contribution >= 0.6 is 11.3 Å². The Bertz CT molecular complexity index is 1390. The summed E-state index contributed by atoms with van der Waals surface area (Å²) >= 11 is 1.42. The van der Waals surface area contributed by atoms with E-state index < -0.39 is 17.8 Å². The molecule has 3 amide bonds. The van der Waals surface area contributed by atoms with Crippen molar-refractivity contribution in [2.75, 3.05) is 39.3 Å². The van der Waals surface area contributed by atoms with E-state index in [0.29, 0.717) is 61.4 Å². The van der Waals surface area contributed by atoms with Crippen LogP contribution < -0.4 is 0 Å². The lowest BCUT2D eigenvalue weighted by molar-refractivity contribution is -0.137. The topological polar surface area (TPSA) is 94.0 Å². The zero-order chi connectivity index (χ0) is 28.4. The number of aromatic nitrogens is 1. The molecule has 3 aromatic rings. The molecule has 1 N–H and O–H groups in total. The molecule has 3 heterocycles. The van der Waals surface area contributed by atoms with Crippen molar-refractivity contribution in [1.82, 2.24) is 19.7 Å². The van der Waals surface area contributed by atoms with E-state index in [1.807, 2.05) is 0 Å². The maximum atomic E-state index is 13.4. The van der Waals surface area contributed by atoms with Gasteiger partial charge in [0.15, 0.2) is 0 Å². The van der Waals surface area contributed by atoms with Gasteiger partial charge in [-0.15, -0.1) is 11.3 Å². The van der Waals surface area contributed by atoms with E-state index >= 15 is 0 Å². The second-order valence-electron chi connectivity index (χ2n) is 9.82. The number of likely N-dealkylation sites (tertiary alicyclic amines) is 1. The van der Waals surface area contributed by atoms with Gasteiger partial charge in [-0.1, -0.05) is 30.3 Å². The molecule has 0 unspecified atom stereocenters. The molecule has 5 rings (SSSR count). The lowest BCUT2D eigenvalue weighted by Gasteiger charge is -2.32. The number of alkyl halides is 3. The quantitative estimate of drug-likeness (QED) is 0.459. The third-order valence-electron chi connectivity index (χ3n) is 7.39. The highest BCUT2D eigenvalue weighted by molar-refractivity contribution is 7.09. The molecule has 0 spiro atoms. The third-order valence-corrected chi connectivity index (χ3v) is 8.40. The molecule has 0 saturated carbocycles. The minimum Gasteiger partial charge on any atom is -0.465 e. The Balaban J connectivity index is 1.21. The maximum Gasteiger partial charge on any atom is 0.416 e. The summed E-state index contributed by atoms with van der Waals surface area (Å²) in [5, 5.41) is 11.7. The van der Waals surface area contributed by atoms with Crippen LogP contribution in [0.15, 0.2) is 53.9 Å². The zero-order valence-electron chi connectivity index (χ0n) is 21.4. The summed E-state index contributed by atoms with van der Waals surface area (Å²) < 4.78 is 39.0. The zero-order valence-corrected chi connectivity index (χ0v) is 22.2. The SMILES string of the molecule is O=C(O)N1CCN(C(=O)c2csc(C3CCN(C(=O)c4ccccc4-c4ccc(C(F)(F)F)cc4)CC3)n2)CC1. The van der Waals surface area contributed by atoms with Crippen LogP contribution in [-0.4, -0.2) is 82.0 Å². The molecule has 2 aromatic carbocycles. The van der Waals surface area contributed by atoms with E-state index in [1.165, 1.54) is 28.4 Å². The molecule has 210 valence electrons. The van der Waals surface area contributed by atoms with Crippen LogP contribution in [-0.2, 0) is 6.18 Å². The highest BCUT2D eigenvalue weighted by atomic mass is 32.1. The average Bonchev–Trinajstić information content (AvgIpc) is 3.47. The minimum absolute atomic E-state index is 0.101. The number of hydrogen-bond donors (Lipinski definition) is 1. The van der Waals surface area contributed by atoms with Crippen molar-refractivity contribution >= 4 is 29.2 Å². The highest BCUT2D eigenvalue weighted by Crippen LogP contribution is 2.34. The lowest BCUT2D eigenvalue weighted by Crippen LogP contribution is -2.50. The Morgan fingerprint density at radius 3 is 2.05 bits per heavy atom. The van der Waals surface area contributed by atoms with Crippen LogP contribution in [0.4, 0.5) is 18.0 Å². The number of amides is 3. The van der Waals surface area contributed by atoms with Crippen molar-refractivity contribution in [3.8, 4) is 11.1 Å². The van der Waals surface area contributed by atoms with E-state index in [9.17, 15) is 27.6 Å². The fraction of sp³-hybridized carbons (Fsp3) is 0.357. The van der Waals surface area contributed by atoms with Crippen LogP contribution in [0.1, 0.15) is 50.2 Å². The van der Waals surface area contributed by atoms with Gasteiger partial charge < -0.3 is 19.8 Å². The van der Waals surface area contributed by atoms with E-state index in [2.05, 4.69) is 4.98 Å². The smallest absolute Gasteiger partial charge is 0.416 e. The molecule has 12 heteroatoms. The van der Waals surface area contributed by atoms with Crippen molar-refractivity contribution in [2.45, 2.75) is 24.9 Å². The van der Waals surface area contributed by atoms with Crippen LogP contribution in [0.5, 0.6) is 0 Å². The molecule has 2 fully saturated rings. The van der Waals surface area contributed by atoms with Gasteiger partial charge in [-0.2, -0.15) is 13.2 Å². The predicted octanol–water partition coefficient (Wildman–Crippen LogP) is 5.28. The van der Waals surface area contributed by atoms with Crippen LogP contribution in [0, 0.1) is 0 Å². The molecule has 2 aliphatic heterocycles. The highest BCUT2D eigenvalue weighted by Gasteiger charge is 2.31. The third kappa shape index (κ3) is 5.81. The summed E-state index contributed by atoms with van der Waals surface area (Å²) in [7, 11) is 0. The van der Waals surface area contributed by atoms with Gasteiger partial charge >= 0.3 is 12.3 Å². The number of rotatable bonds is 4. The van der Waals surface area contributed by atoms with Crippen molar-refractivity contribution in [2.24, 2.45) is 0 Å². The Labute approximate surface area is 232 Å². The molecule has 0 atom stereocenters. The van der Waals surface area contributed by atoms with Crippen molar-refractivity contribution < 1.29 is 32.7 Å². The number of nitrogens with zero attached hydrogens (tertiary/aromatic N) is 4. The first-order valence-corrected chi connectivity index (χ1v) is 13.8. The number of carbonyl (C=O) groups excluding carboxylic acids is 2. The van der Waals surface area contributed by atoms with Gasteiger partial charge in [0.1, 0.15) is 5.69 Å². The van der Waals surface area contributed by atoms with Gasteiger partial charge in [0, 0.05) is 56.1 Å². The van der Waals surface area contributed by atoms with Crippen molar-refractivity contribution in [3.63, 3.8) is 0 Å². The van der Waals surface area contributed by atoms with Crippen molar-refractivity contribution in [1.29, 1.82) is 0 Å². The summed E-state index contributed by atoms with van der Waals surface area (Å²) in [5.41, 5.74) is 1.17. The van der Waals surface area contributed by atoms with Gasteiger partial charge in [0.05, 0.1) is 10.6 Å². The second-order valence-corrected chi connectivity index (χ2v) is 10.7. The first kappa shape index (κ1) is 27.6. The molecule has 1 aromatic heterocycles. The summed E-state index contributed by atoms with van der Waals surface area (Å²) in [6.07, 6.45) is -4.07. The number of carboxylic acid groups (broad SMARTS) is 1. The molecule has 0 bridgehead atoms. The van der Waals surface area contributed by atoms with E-state index in [-0.39, 0.29) is 30.8 Å². The van der Waals surface area contributed by atoms with Crippen LogP contribution in [0.25, 0.3) is 11.1 Å². The Morgan fingerprint density at radius 2 is 1.43 bits per heavy atom. The lowest BCUT2D eigenvalue weighted by atomic mass is 9.94. The molecular weight excluding hydrogens is 545 g/mol. The Kier molecular flexibility index (Phi) is 7.79. The van der Waals surface area contributed by atoms with E-state index in [1.54, 1.807) is 39.4 Å². The fourth-order valence-corrected chi connectivity index (χ4v) is 6.06. The first-order valence-electron chi connectivity index (χ1n) is 12.9. The molecule has 8 nitrogen and oxygen atoms in total. The number of halogens is 3. The molecule has 40 heavy (non-hydrogen) atoms. The summed E-state index contributed by atoms with van der Waals surface area (Å²) in [5.74, 6) is -0.283. The van der Waals surface area contributed by atoms with Crippen LogP contribution in [0.3, 0.4) is 0 Å². The number of piperidine rings is 1. The minimum atomic E-state index is -4.43. The fourth-order valence-electron chi connectivity index (χ4n) is 5.10. The van der Waals surface area contributed by atoms with Gasteiger partial charge in [0.25, 0.3) is 11.8 Å². The average molecular weight is 573 g/mol. The molecule has 2 aliphatic rings. The number of thiazole rings is 1. The van der Waals surface area contributed by atoms with Crippen LogP contribution in [0.2, 0.25) is 0 Å². The molecular formula is C28H27F3N4O4S. The number of carbonyl (C=O) groups is 3. The number of benzene rings is 2. The van der Waals surface area contributed by atoms with Crippen molar-refractivity contribution in [3.05, 3.63) is 75.7 Å². The van der Waals surface area contributed by atoms with Gasteiger partial charge in [-0.3, -0.25) is 9.59 Å². The predicted molar refractivity (Wildman–Crippen MR) is 142 cm³/mol. The molecule has 0 radical (unpaired) electrons. The molecule has 2 saturated heterocycles. The monoisotopic (exact) mass is 572 g/mol. The number of hydrogen-bond acceptors (Lipinski definition) is 5.